The van der Waals surface area contributed by atoms with Gasteiger partial charge in [0, 0.05) is 17.0 Å². The van der Waals surface area contributed by atoms with E-state index in [1.165, 1.54) is 18.2 Å². The number of fused-ring (bicyclic) bond motifs is 2. The minimum atomic E-state index is -0.332. The summed E-state index contributed by atoms with van der Waals surface area (Å²) >= 11 is 6.60. The zero-order chi connectivity index (χ0) is 23.2. The molecule has 5 aromatic rings. The van der Waals surface area contributed by atoms with Crippen LogP contribution in [0.3, 0.4) is 0 Å². The number of benzene rings is 3. The van der Waals surface area contributed by atoms with E-state index < -0.39 is 0 Å². The molecule has 3 heterocycles. The lowest BCUT2D eigenvalue weighted by Crippen LogP contribution is -2.24. The largest absolute Gasteiger partial charge is 0.484 e. The fraction of sp³-hybridized carbons (Fsp3) is 0.0741. The molecule has 2 aromatic heterocycles. The number of halogens is 2. The Morgan fingerprint density at radius 1 is 0.941 bits per heavy atom. The normalized spacial score (nSPS) is 12.3. The maximum Gasteiger partial charge on any atom is 0.251 e. The van der Waals surface area contributed by atoms with Gasteiger partial charge in [-0.25, -0.2) is 14.4 Å². The van der Waals surface area contributed by atoms with Crippen LogP contribution in [0.25, 0.3) is 21.9 Å². The summed E-state index contributed by atoms with van der Waals surface area (Å²) in [5.41, 5.74) is 4.34. The first-order chi connectivity index (χ1) is 16.6. The SMILES string of the molecule is O=c1ccc2c(Cl)cc(C#Cc3ccc(F)cc3)c3c2n1Cc1nc2ccccc2nc1CO3. The monoisotopic (exact) mass is 467 g/mol. The lowest BCUT2D eigenvalue weighted by Gasteiger charge is -2.21. The van der Waals surface area contributed by atoms with Crippen LogP contribution in [0.2, 0.25) is 5.02 Å². The second-order valence-electron chi connectivity index (χ2n) is 7.91. The minimum absolute atomic E-state index is 0.165. The first-order valence-corrected chi connectivity index (χ1v) is 11.0. The van der Waals surface area contributed by atoms with Crippen molar-refractivity contribution in [1.29, 1.82) is 0 Å². The summed E-state index contributed by atoms with van der Waals surface area (Å²) in [7, 11) is 0. The van der Waals surface area contributed by atoms with Crippen LogP contribution in [0.4, 0.5) is 4.39 Å². The Morgan fingerprint density at radius 2 is 1.68 bits per heavy atom. The molecule has 0 fully saturated rings. The molecule has 5 nitrogen and oxygen atoms in total. The Hall–Kier alpha value is -4.21. The van der Waals surface area contributed by atoms with Gasteiger partial charge in [-0.15, -0.1) is 0 Å². The number of para-hydroxylation sites is 2. The molecule has 0 unspecified atom stereocenters. The highest BCUT2D eigenvalue weighted by Crippen LogP contribution is 2.36. The predicted octanol–water partition coefficient (Wildman–Crippen LogP) is 5.08. The number of aromatic nitrogens is 3. The van der Waals surface area contributed by atoms with E-state index in [-0.39, 0.29) is 24.5 Å². The Bertz CT molecular complexity index is 1730. The fourth-order valence-corrected chi connectivity index (χ4v) is 4.35. The van der Waals surface area contributed by atoms with Crippen molar-refractivity contribution in [3.05, 3.63) is 110 Å². The van der Waals surface area contributed by atoms with Crippen molar-refractivity contribution in [1.82, 2.24) is 14.5 Å². The third-order valence-corrected chi connectivity index (χ3v) is 6.06. The van der Waals surface area contributed by atoms with Gasteiger partial charge in [0.1, 0.15) is 18.1 Å². The second kappa shape index (κ2) is 7.98. The Kier molecular flexibility index (Phi) is 4.79. The van der Waals surface area contributed by atoms with E-state index in [2.05, 4.69) is 11.8 Å². The average molecular weight is 468 g/mol. The van der Waals surface area contributed by atoms with Gasteiger partial charge in [0.15, 0.2) is 5.75 Å². The van der Waals surface area contributed by atoms with E-state index in [1.54, 1.807) is 28.8 Å². The molecular formula is C27H15ClFN3O2. The van der Waals surface area contributed by atoms with Crippen LogP contribution in [0.15, 0.2) is 71.5 Å². The summed E-state index contributed by atoms with van der Waals surface area (Å²) in [5.74, 6) is 6.22. The van der Waals surface area contributed by atoms with Gasteiger partial charge in [0.05, 0.1) is 39.4 Å². The maximum absolute atomic E-state index is 13.3. The van der Waals surface area contributed by atoms with Gasteiger partial charge in [-0.2, -0.15) is 0 Å². The molecule has 6 rings (SSSR count). The van der Waals surface area contributed by atoms with Crippen molar-refractivity contribution < 1.29 is 9.13 Å². The standard InChI is InChI=1S/C27H15ClFN3O2/c28-20-13-17(8-5-16-6-9-18(29)10-7-16)27-26-19(20)11-12-25(33)32(26)14-23-24(15-34-27)31-22-4-2-1-3-21(22)30-23/h1-4,6-7,9-13H,14-15H2. The number of rotatable bonds is 0. The van der Waals surface area contributed by atoms with Gasteiger partial charge < -0.3 is 4.74 Å². The predicted molar refractivity (Wildman–Crippen MR) is 129 cm³/mol. The van der Waals surface area contributed by atoms with E-state index >= 15 is 0 Å². The highest BCUT2D eigenvalue weighted by Gasteiger charge is 2.22. The molecule has 0 aliphatic carbocycles. The van der Waals surface area contributed by atoms with Crippen LogP contribution in [0.1, 0.15) is 22.5 Å². The molecule has 0 N–H and O–H groups in total. The Balaban J connectivity index is 1.58. The topological polar surface area (TPSA) is 57.0 Å². The molecule has 0 saturated heterocycles. The van der Waals surface area contributed by atoms with Crippen molar-refractivity contribution in [3.63, 3.8) is 0 Å². The molecule has 164 valence electrons. The van der Waals surface area contributed by atoms with Gasteiger partial charge in [-0.1, -0.05) is 35.6 Å². The summed E-state index contributed by atoms with van der Waals surface area (Å²) in [6.45, 7) is 0.392. The molecule has 0 spiro atoms. The van der Waals surface area contributed by atoms with Crippen molar-refractivity contribution in [2.75, 3.05) is 0 Å². The fourth-order valence-electron chi connectivity index (χ4n) is 4.09. The van der Waals surface area contributed by atoms with Crippen molar-refractivity contribution >= 4 is 33.5 Å². The summed E-state index contributed by atoms with van der Waals surface area (Å²) in [6.07, 6.45) is 0. The summed E-state index contributed by atoms with van der Waals surface area (Å²) < 4.78 is 21.1. The molecule has 1 aliphatic rings. The van der Waals surface area contributed by atoms with E-state index in [9.17, 15) is 9.18 Å². The highest BCUT2D eigenvalue weighted by atomic mass is 35.5. The molecule has 34 heavy (non-hydrogen) atoms. The highest BCUT2D eigenvalue weighted by molar-refractivity contribution is 6.35. The van der Waals surface area contributed by atoms with Crippen LogP contribution in [0, 0.1) is 17.7 Å². The third kappa shape index (κ3) is 3.47. The number of ether oxygens (including phenoxy) is 1. The lowest BCUT2D eigenvalue weighted by atomic mass is 10.1. The number of pyridine rings is 1. The van der Waals surface area contributed by atoms with E-state index in [1.807, 2.05) is 24.3 Å². The Morgan fingerprint density at radius 3 is 2.44 bits per heavy atom. The van der Waals surface area contributed by atoms with Crippen LogP contribution in [0.5, 0.6) is 5.75 Å². The van der Waals surface area contributed by atoms with Crippen LogP contribution < -0.4 is 10.3 Å². The molecule has 0 radical (unpaired) electrons. The molecule has 0 saturated carbocycles. The first kappa shape index (κ1) is 20.4. The Labute approximate surface area is 198 Å². The third-order valence-electron chi connectivity index (χ3n) is 5.74. The summed E-state index contributed by atoms with van der Waals surface area (Å²) in [6, 6.07) is 18.4. The molecule has 1 aliphatic heterocycles. The zero-order valence-corrected chi connectivity index (χ0v) is 18.4. The van der Waals surface area contributed by atoms with Gasteiger partial charge in [0.25, 0.3) is 5.56 Å². The van der Waals surface area contributed by atoms with E-state index in [0.29, 0.717) is 44.2 Å². The molecule has 7 heteroatoms. The van der Waals surface area contributed by atoms with E-state index in [4.69, 9.17) is 26.3 Å². The summed E-state index contributed by atoms with van der Waals surface area (Å²) in [5, 5.41) is 1.13. The van der Waals surface area contributed by atoms with E-state index in [0.717, 1.165) is 11.0 Å². The van der Waals surface area contributed by atoms with Crippen molar-refractivity contribution in [2.45, 2.75) is 13.2 Å². The molecule has 3 aromatic carbocycles. The van der Waals surface area contributed by atoms with Gasteiger partial charge in [-0.3, -0.25) is 9.36 Å². The number of nitrogens with zero attached hydrogens (tertiary/aromatic N) is 3. The lowest BCUT2D eigenvalue weighted by molar-refractivity contribution is 0.298. The molecule has 0 amide bonds. The molecular weight excluding hydrogens is 453 g/mol. The van der Waals surface area contributed by atoms with Gasteiger partial charge in [-0.05, 0) is 48.5 Å². The van der Waals surface area contributed by atoms with Crippen LogP contribution in [-0.2, 0) is 13.2 Å². The second-order valence-corrected chi connectivity index (χ2v) is 8.31. The smallest absolute Gasteiger partial charge is 0.251 e. The quantitative estimate of drug-likeness (QED) is 0.298. The van der Waals surface area contributed by atoms with Crippen LogP contribution >= 0.6 is 11.6 Å². The van der Waals surface area contributed by atoms with Crippen molar-refractivity contribution in [2.24, 2.45) is 0 Å². The molecule has 0 bridgehead atoms. The van der Waals surface area contributed by atoms with Crippen molar-refractivity contribution in [3.8, 4) is 17.6 Å². The first-order valence-electron chi connectivity index (χ1n) is 10.6. The molecule has 0 atom stereocenters. The van der Waals surface area contributed by atoms with Crippen LogP contribution in [-0.4, -0.2) is 14.5 Å². The average Bonchev–Trinajstić information content (AvgIpc) is 2.83. The van der Waals surface area contributed by atoms with Gasteiger partial charge in [0.2, 0.25) is 0 Å². The maximum atomic E-state index is 13.3. The zero-order valence-electron chi connectivity index (χ0n) is 17.7. The van der Waals surface area contributed by atoms with Gasteiger partial charge >= 0.3 is 0 Å². The number of hydrogen-bond donors (Lipinski definition) is 0. The summed E-state index contributed by atoms with van der Waals surface area (Å²) in [4.78, 5) is 22.5. The minimum Gasteiger partial charge on any atom is -0.484 e. The number of hydrogen-bond acceptors (Lipinski definition) is 4.